The van der Waals surface area contributed by atoms with Gasteiger partial charge >= 0.3 is 0 Å². The van der Waals surface area contributed by atoms with Gasteiger partial charge in [-0.25, -0.2) is 0 Å². The molecule has 2 rings (SSSR count). The van der Waals surface area contributed by atoms with Gasteiger partial charge in [0.25, 0.3) is 0 Å². The van der Waals surface area contributed by atoms with Crippen molar-refractivity contribution in [3.63, 3.8) is 0 Å². The van der Waals surface area contributed by atoms with Crippen LogP contribution in [-0.4, -0.2) is 57.9 Å². The first kappa shape index (κ1) is 16.0. The maximum absolute atomic E-state index is 12.7. The molecule has 0 saturated carbocycles. The Balaban J connectivity index is 2.38. The zero-order chi connectivity index (χ0) is 16.3. The molecule has 22 heavy (non-hydrogen) atoms. The second-order valence-electron chi connectivity index (χ2n) is 5.20. The molecule has 0 heterocycles. The molecule has 0 saturated heterocycles. The molecule has 0 amide bonds. The zero-order valence-corrected chi connectivity index (χ0v) is 13.2. The number of fused-ring (bicyclic) bond motifs is 1. The molecule has 0 radical (unpaired) electrons. The van der Waals surface area contributed by atoms with Crippen molar-refractivity contribution in [2.75, 3.05) is 41.4 Å². The molecule has 1 aliphatic rings. The van der Waals surface area contributed by atoms with E-state index >= 15 is 0 Å². The topological polar surface area (TPSA) is 67.9 Å². The molecule has 0 unspecified atom stereocenters. The number of hydrogen-bond donors (Lipinski definition) is 1. The molecule has 6 nitrogen and oxygen atoms in total. The third-order valence-electron chi connectivity index (χ3n) is 3.44. The van der Waals surface area contributed by atoms with Gasteiger partial charge in [0.05, 0.1) is 31.0 Å². The predicted molar refractivity (Wildman–Crippen MR) is 82.8 cm³/mol. The van der Waals surface area contributed by atoms with Crippen molar-refractivity contribution in [1.29, 1.82) is 0 Å². The summed E-state index contributed by atoms with van der Waals surface area (Å²) in [6.45, 7) is 1.32. The van der Waals surface area contributed by atoms with E-state index in [1.165, 1.54) is 20.3 Å². The Morgan fingerprint density at radius 1 is 1.05 bits per heavy atom. The quantitative estimate of drug-likeness (QED) is 0.849. The van der Waals surface area contributed by atoms with Crippen LogP contribution >= 0.6 is 0 Å². The number of ether oxygens (including phenoxy) is 2. The summed E-state index contributed by atoms with van der Waals surface area (Å²) in [5, 5.41) is 3.02. The molecule has 0 aliphatic heterocycles. The number of hydrogen-bond acceptors (Lipinski definition) is 6. The number of nitrogens with zero attached hydrogens (tertiary/aromatic N) is 1. The Bertz CT molecular complexity index is 635. The van der Waals surface area contributed by atoms with Gasteiger partial charge < -0.3 is 19.7 Å². The van der Waals surface area contributed by atoms with Gasteiger partial charge in [0.15, 0.2) is 5.78 Å². The predicted octanol–water partition coefficient (Wildman–Crippen LogP) is 1.12. The monoisotopic (exact) mass is 304 g/mol. The van der Waals surface area contributed by atoms with Crippen molar-refractivity contribution >= 4 is 11.6 Å². The standard InChI is InChI=1S/C16H20N2O4/c1-18(2)8-7-17-10-9-11(19)14-12(21-3)5-6-13(22-4)15(14)16(10)20/h5-6,9,17H,7-8H2,1-4H3. The number of rotatable bonds is 6. The van der Waals surface area contributed by atoms with E-state index in [1.54, 1.807) is 12.1 Å². The molecule has 0 bridgehead atoms. The van der Waals surface area contributed by atoms with Crippen LogP contribution in [0.15, 0.2) is 23.9 Å². The molecule has 0 aromatic heterocycles. The number of carbonyl (C=O) groups excluding carboxylic acids is 2. The van der Waals surface area contributed by atoms with Crippen LogP contribution in [0.1, 0.15) is 20.7 Å². The van der Waals surface area contributed by atoms with Crippen molar-refractivity contribution in [3.8, 4) is 11.5 Å². The number of Topliss-reactive ketones (excluding diaryl/α,β-unsaturated/α-hetero) is 1. The smallest absolute Gasteiger partial charge is 0.213 e. The average molecular weight is 304 g/mol. The molecule has 118 valence electrons. The molecule has 0 fully saturated rings. The molecular weight excluding hydrogens is 284 g/mol. The molecule has 1 N–H and O–H groups in total. The normalized spacial score (nSPS) is 13.8. The first-order valence-corrected chi connectivity index (χ1v) is 6.94. The molecule has 0 atom stereocenters. The summed E-state index contributed by atoms with van der Waals surface area (Å²) < 4.78 is 10.4. The van der Waals surface area contributed by atoms with Crippen LogP contribution in [0, 0.1) is 0 Å². The molecule has 6 heteroatoms. The summed E-state index contributed by atoms with van der Waals surface area (Å²) in [6, 6.07) is 3.26. The Labute approximate surface area is 129 Å². The number of methoxy groups -OCH3 is 2. The van der Waals surface area contributed by atoms with Gasteiger partial charge in [-0.15, -0.1) is 0 Å². The Kier molecular flexibility index (Phi) is 4.82. The highest BCUT2D eigenvalue weighted by atomic mass is 16.5. The van der Waals surface area contributed by atoms with Gasteiger partial charge in [0.1, 0.15) is 11.5 Å². The van der Waals surface area contributed by atoms with Gasteiger partial charge in [0.2, 0.25) is 5.78 Å². The second kappa shape index (κ2) is 6.62. The maximum Gasteiger partial charge on any atom is 0.213 e. The lowest BCUT2D eigenvalue weighted by Crippen LogP contribution is -2.32. The molecular formula is C16H20N2O4. The number of carbonyl (C=O) groups is 2. The van der Waals surface area contributed by atoms with E-state index in [2.05, 4.69) is 5.32 Å². The van der Waals surface area contributed by atoms with Crippen LogP contribution in [0.2, 0.25) is 0 Å². The van der Waals surface area contributed by atoms with Crippen molar-refractivity contribution in [3.05, 3.63) is 35.0 Å². The van der Waals surface area contributed by atoms with Gasteiger partial charge in [-0.2, -0.15) is 0 Å². The van der Waals surface area contributed by atoms with Gasteiger partial charge in [0, 0.05) is 19.2 Å². The summed E-state index contributed by atoms with van der Waals surface area (Å²) in [6.07, 6.45) is 1.32. The highest BCUT2D eigenvalue weighted by Gasteiger charge is 2.31. The van der Waals surface area contributed by atoms with Gasteiger partial charge in [-0.3, -0.25) is 9.59 Å². The van der Waals surface area contributed by atoms with Crippen molar-refractivity contribution < 1.29 is 19.1 Å². The molecule has 0 spiro atoms. The lowest BCUT2D eigenvalue weighted by atomic mass is 9.91. The van der Waals surface area contributed by atoms with Crippen LogP contribution < -0.4 is 14.8 Å². The highest BCUT2D eigenvalue weighted by molar-refractivity contribution is 6.26. The van der Waals surface area contributed by atoms with E-state index in [1.807, 2.05) is 19.0 Å². The number of allylic oxidation sites excluding steroid dienone is 2. The third-order valence-corrected chi connectivity index (χ3v) is 3.44. The van der Waals surface area contributed by atoms with E-state index in [0.29, 0.717) is 18.0 Å². The summed E-state index contributed by atoms with van der Waals surface area (Å²) in [5.41, 5.74) is 0.789. The largest absolute Gasteiger partial charge is 0.496 e. The number of ketones is 2. The number of benzene rings is 1. The molecule has 1 aromatic rings. The minimum Gasteiger partial charge on any atom is -0.496 e. The van der Waals surface area contributed by atoms with Crippen LogP contribution in [0.25, 0.3) is 0 Å². The van der Waals surface area contributed by atoms with Crippen LogP contribution in [0.3, 0.4) is 0 Å². The maximum atomic E-state index is 12.7. The van der Waals surface area contributed by atoms with Crippen LogP contribution in [0.4, 0.5) is 0 Å². The Morgan fingerprint density at radius 3 is 2.18 bits per heavy atom. The first-order chi connectivity index (χ1) is 10.5. The summed E-state index contributed by atoms with van der Waals surface area (Å²) in [7, 11) is 6.81. The number of nitrogens with one attached hydrogen (secondary N) is 1. The first-order valence-electron chi connectivity index (χ1n) is 6.94. The van der Waals surface area contributed by atoms with Crippen molar-refractivity contribution in [1.82, 2.24) is 10.2 Å². The third kappa shape index (κ3) is 2.96. The van der Waals surface area contributed by atoms with Crippen LogP contribution in [-0.2, 0) is 0 Å². The number of likely N-dealkylation sites (N-methyl/N-ethyl adjacent to an activating group) is 1. The van der Waals surface area contributed by atoms with Crippen molar-refractivity contribution in [2.24, 2.45) is 0 Å². The fourth-order valence-electron chi connectivity index (χ4n) is 2.32. The van der Waals surface area contributed by atoms with Gasteiger partial charge in [-0.05, 0) is 26.2 Å². The molecule has 1 aliphatic carbocycles. The van der Waals surface area contributed by atoms with E-state index in [4.69, 9.17) is 9.47 Å². The minimum atomic E-state index is -0.266. The Hall–Kier alpha value is -2.34. The summed E-state index contributed by atoms with van der Waals surface area (Å²) >= 11 is 0. The van der Waals surface area contributed by atoms with E-state index in [0.717, 1.165) is 6.54 Å². The molecule has 1 aromatic carbocycles. The van der Waals surface area contributed by atoms with Crippen LogP contribution in [0.5, 0.6) is 11.5 Å². The fraction of sp³-hybridized carbons (Fsp3) is 0.375. The van der Waals surface area contributed by atoms with E-state index in [-0.39, 0.29) is 28.4 Å². The Morgan fingerprint density at radius 2 is 1.64 bits per heavy atom. The SMILES string of the molecule is COc1ccc(OC)c2c1C(=O)C=C(NCCN(C)C)C2=O. The lowest BCUT2D eigenvalue weighted by Gasteiger charge is -2.21. The minimum absolute atomic E-state index is 0.252. The summed E-state index contributed by atoms with van der Waals surface area (Å²) in [5.74, 6) is 0.216. The van der Waals surface area contributed by atoms with E-state index in [9.17, 15) is 9.59 Å². The van der Waals surface area contributed by atoms with E-state index < -0.39 is 0 Å². The van der Waals surface area contributed by atoms with Crippen molar-refractivity contribution in [2.45, 2.75) is 0 Å². The highest BCUT2D eigenvalue weighted by Crippen LogP contribution is 2.35. The summed E-state index contributed by atoms with van der Waals surface area (Å²) in [4.78, 5) is 27.0. The van der Waals surface area contributed by atoms with Gasteiger partial charge in [-0.1, -0.05) is 0 Å². The fourth-order valence-corrected chi connectivity index (χ4v) is 2.32. The second-order valence-corrected chi connectivity index (χ2v) is 5.20. The average Bonchev–Trinajstić information content (AvgIpc) is 2.50. The zero-order valence-electron chi connectivity index (χ0n) is 13.2. The lowest BCUT2D eigenvalue weighted by molar-refractivity contribution is 0.0973.